The summed E-state index contributed by atoms with van der Waals surface area (Å²) in [7, 11) is 0. The van der Waals surface area contributed by atoms with E-state index in [1.54, 1.807) is 0 Å². The normalized spacial score (nSPS) is 12.8. The molecule has 1 rings (SSSR count). The van der Waals surface area contributed by atoms with E-state index in [2.05, 4.69) is 38.1 Å². The lowest BCUT2D eigenvalue weighted by atomic mass is 9.96. The van der Waals surface area contributed by atoms with Crippen molar-refractivity contribution < 1.29 is 0 Å². The summed E-state index contributed by atoms with van der Waals surface area (Å²) in [6.45, 7) is 4.39. The van der Waals surface area contributed by atoms with Gasteiger partial charge in [0.2, 0.25) is 0 Å². The molecule has 1 aromatic rings. The molecule has 2 N–H and O–H groups in total. The maximum atomic E-state index is 6.16. The number of nitrogens with two attached hydrogens (primary N) is 1. The summed E-state index contributed by atoms with van der Waals surface area (Å²) in [6, 6.07) is 8.75. The Morgan fingerprint density at radius 1 is 1.21 bits per heavy atom. The first kappa shape index (κ1) is 11.3. The van der Waals surface area contributed by atoms with Crippen LogP contribution in [0, 0.1) is 0 Å². The number of hydrogen-bond acceptors (Lipinski definition) is 1. The van der Waals surface area contributed by atoms with Crippen LogP contribution in [0.25, 0.3) is 0 Å². The number of hydrogen-bond donors (Lipinski definition) is 1. The minimum Gasteiger partial charge on any atom is -0.324 e. The van der Waals surface area contributed by atoms with Crippen LogP contribution in [-0.4, -0.2) is 0 Å². The van der Waals surface area contributed by atoms with Crippen LogP contribution in [0.4, 0.5) is 0 Å². The maximum absolute atomic E-state index is 6.16. The van der Waals surface area contributed by atoms with Gasteiger partial charge in [0, 0.05) is 6.04 Å². The molecule has 0 heterocycles. The number of rotatable bonds is 5. The van der Waals surface area contributed by atoms with Gasteiger partial charge in [0.05, 0.1) is 0 Å². The first-order chi connectivity index (χ1) is 6.79. The predicted molar refractivity (Wildman–Crippen MR) is 62.3 cm³/mol. The second kappa shape index (κ2) is 5.82. The highest BCUT2D eigenvalue weighted by atomic mass is 14.6. The summed E-state index contributed by atoms with van der Waals surface area (Å²) in [5.74, 6) is 0. The minimum atomic E-state index is 0.228. The third-order valence-corrected chi connectivity index (χ3v) is 2.70. The van der Waals surface area contributed by atoms with Crippen LogP contribution >= 0.6 is 0 Å². The highest BCUT2D eigenvalue weighted by Gasteiger charge is 2.08. The summed E-state index contributed by atoms with van der Waals surface area (Å²) in [6.07, 6.45) is 4.63. The summed E-state index contributed by atoms with van der Waals surface area (Å²) in [4.78, 5) is 0. The Balaban J connectivity index is 2.72. The highest BCUT2D eigenvalue weighted by Crippen LogP contribution is 2.20. The van der Waals surface area contributed by atoms with E-state index in [0.29, 0.717) is 0 Å². The Morgan fingerprint density at radius 3 is 2.57 bits per heavy atom. The molecular formula is C13H21N. The molecule has 1 atom stereocenters. The van der Waals surface area contributed by atoms with Crippen LogP contribution in [0.1, 0.15) is 50.3 Å². The maximum Gasteiger partial charge on any atom is 0.0297 e. The molecule has 1 unspecified atom stereocenters. The van der Waals surface area contributed by atoms with Gasteiger partial charge in [0.1, 0.15) is 0 Å². The Bertz CT molecular complexity index is 268. The Kier molecular flexibility index (Phi) is 4.68. The molecular weight excluding hydrogens is 170 g/mol. The van der Waals surface area contributed by atoms with Gasteiger partial charge in [0.15, 0.2) is 0 Å². The van der Waals surface area contributed by atoms with E-state index in [1.165, 1.54) is 24.0 Å². The van der Waals surface area contributed by atoms with E-state index in [4.69, 9.17) is 5.73 Å². The van der Waals surface area contributed by atoms with Crippen molar-refractivity contribution in [2.24, 2.45) is 5.73 Å². The Hall–Kier alpha value is -0.820. The van der Waals surface area contributed by atoms with Gasteiger partial charge < -0.3 is 5.73 Å². The Morgan fingerprint density at radius 2 is 1.93 bits per heavy atom. The lowest BCUT2D eigenvalue weighted by molar-refractivity contribution is 0.599. The minimum absolute atomic E-state index is 0.228. The van der Waals surface area contributed by atoms with Crippen molar-refractivity contribution in [3.63, 3.8) is 0 Å². The molecule has 78 valence electrons. The number of benzene rings is 1. The standard InChI is InChI=1S/C13H21N/c1-3-5-10-13(14)12-9-7-6-8-11(12)4-2/h6-9,13H,3-5,10,14H2,1-2H3. The summed E-state index contributed by atoms with van der Waals surface area (Å²) >= 11 is 0. The molecule has 1 nitrogen and oxygen atoms in total. The van der Waals surface area contributed by atoms with Crippen LogP contribution in [-0.2, 0) is 6.42 Å². The molecule has 1 heteroatoms. The Labute approximate surface area is 87.3 Å². The summed E-state index contributed by atoms with van der Waals surface area (Å²) in [5.41, 5.74) is 8.89. The molecule has 14 heavy (non-hydrogen) atoms. The van der Waals surface area contributed by atoms with Gasteiger partial charge in [-0.05, 0) is 24.0 Å². The molecule has 0 aliphatic carbocycles. The van der Waals surface area contributed by atoms with Crippen molar-refractivity contribution in [1.82, 2.24) is 0 Å². The zero-order chi connectivity index (χ0) is 10.4. The topological polar surface area (TPSA) is 26.0 Å². The quantitative estimate of drug-likeness (QED) is 0.758. The molecule has 0 radical (unpaired) electrons. The second-order valence-electron chi connectivity index (χ2n) is 3.80. The van der Waals surface area contributed by atoms with Crippen molar-refractivity contribution in [1.29, 1.82) is 0 Å². The third kappa shape index (κ3) is 2.85. The zero-order valence-corrected chi connectivity index (χ0v) is 9.29. The van der Waals surface area contributed by atoms with Crippen molar-refractivity contribution >= 4 is 0 Å². The van der Waals surface area contributed by atoms with Crippen molar-refractivity contribution in [3.05, 3.63) is 35.4 Å². The SMILES string of the molecule is CCCCC(N)c1ccccc1CC. The fourth-order valence-electron chi connectivity index (χ4n) is 1.80. The van der Waals surface area contributed by atoms with Gasteiger partial charge in [-0.3, -0.25) is 0 Å². The predicted octanol–water partition coefficient (Wildman–Crippen LogP) is 3.44. The molecule has 0 aliphatic heterocycles. The van der Waals surface area contributed by atoms with Gasteiger partial charge in [-0.15, -0.1) is 0 Å². The van der Waals surface area contributed by atoms with Crippen molar-refractivity contribution in [2.75, 3.05) is 0 Å². The molecule has 0 fully saturated rings. The summed E-state index contributed by atoms with van der Waals surface area (Å²) < 4.78 is 0. The van der Waals surface area contributed by atoms with Gasteiger partial charge in [-0.1, -0.05) is 51.0 Å². The number of aryl methyl sites for hydroxylation is 1. The smallest absolute Gasteiger partial charge is 0.0297 e. The molecule has 0 amide bonds. The fourth-order valence-corrected chi connectivity index (χ4v) is 1.80. The van der Waals surface area contributed by atoms with E-state index in [0.717, 1.165) is 12.8 Å². The largest absolute Gasteiger partial charge is 0.324 e. The number of unbranched alkanes of at least 4 members (excludes halogenated alkanes) is 1. The lowest BCUT2D eigenvalue weighted by Crippen LogP contribution is -2.12. The van der Waals surface area contributed by atoms with E-state index in [-0.39, 0.29) is 6.04 Å². The molecule has 0 spiro atoms. The van der Waals surface area contributed by atoms with Gasteiger partial charge in [-0.2, -0.15) is 0 Å². The molecule has 0 saturated heterocycles. The second-order valence-corrected chi connectivity index (χ2v) is 3.80. The van der Waals surface area contributed by atoms with Crippen LogP contribution in [0.15, 0.2) is 24.3 Å². The van der Waals surface area contributed by atoms with Crippen molar-refractivity contribution in [2.45, 2.75) is 45.6 Å². The monoisotopic (exact) mass is 191 g/mol. The first-order valence-corrected chi connectivity index (χ1v) is 5.63. The van der Waals surface area contributed by atoms with E-state index < -0.39 is 0 Å². The average molecular weight is 191 g/mol. The van der Waals surface area contributed by atoms with Gasteiger partial charge >= 0.3 is 0 Å². The van der Waals surface area contributed by atoms with Crippen molar-refractivity contribution in [3.8, 4) is 0 Å². The summed E-state index contributed by atoms with van der Waals surface area (Å²) in [5, 5.41) is 0. The average Bonchev–Trinajstić information content (AvgIpc) is 2.25. The highest BCUT2D eigenvalue weighted by molar-refractivity contribution is 5.29. The van der Waals surface area contributed by atoms with E-state index in [1.807, 2.05) is 0 Å². The van der Waals surface area contributed by atoms with E-state index in [9.17, 15) is 0 Å². The fraction of sp³-hybridized carbons (Fsp3) is 0.538. The molecule has 0 aliphatic rings. The third-order valence-electron chi connectivity index (χ3n) is 2.70. The zero-order valence-electron chi connectivity index (χ0n) is 9.29. The van der Waals surface area contributed by atoms with Gasteiger partial charge in [-0.25, -0.2) is 0 Å². The van der Waals surface area contributed by atoms with Crippen LogP contribution in [0.3, 0.4) is 0 Å². The van der Waals surface area contributed by atoms with Crippen LogP contribution in [0.2, 0.25) is 0 Å². The molecule has 0 bridgehead atoms. The first-order valence-electron chi connectivity index (χ1n) is 5.63. The molecule has 0 aromatic heterocycles. The van der Waals surface area contributed by atoms with Crippen LogP contribution < -0.4 is 5.73 Å². The van der Waals surface area contributed by atoms with Crippen LogP contribution in [0.5, 0.6) is 0 Å². The molecule has 0 saturated carbocycles. The lowest BCUT2D eigenvalue weighted by Gasteiger charge is -2.15. The van der Waals surface area contributed by atoms with E-state index >= 15 is 0 Å². The van der Waals surface area contributed by atoms with Gasteiger partial charge in [0.25, 0.3) is 0 Å². The molecule has 1 aromatic carbocycles.